The van der Waals surface area contributed by atoms with E-state index in [1.54, 1.807) is 0 Å². The topological polar surface area (TPSA) is 17.8 Å². The Kier molecular flexibility index (Phi) is 4.66. The van der Waals surface area contributed by atoms with E-state index in [2.05, 4.69) is 58.7 Å². The SMILES string of the molecule is CCC(C)n1ccc(CCC(C)Br)n1. The fraction of sp³-hybridized carbons (Fsp3) is 0.727. The molecule has 1 aromatic heterocycles. The van der Waals surface area contributed by atoms with Crippen molar-refractivity contribution in [2.75, 3.05) is 0 Å². The number of aryl methyl sites for hydroxylation is 1. The highest BCUT2D eigenvalue weighted by Gasteiger charge is 2.05. The lowest BCUT2D eigenvalue weighted by Crippen LogP contribution is -2.05. The lowest BCUT2D eigenvalue weighted by atomic mass is 10.2. The van der Waals surface area contributed by atoms with E-state index in [9.17, 15) is 0 Å². The van der Waals surface area contributed by atoms with Gasteiger partial charge in [-0.1, -0.05) is 29.8 Å². The molecule has 0 radical (unpaired) electrons. The van der Waals surface area contributed by atoms with Crippen LogP contribution in [0.5, 0.6) is 0 Å². The molecule has 1 rings (SSSR count). The summed E-state index contributed by atoms with van der Waals surface area (Å²) in [5, 5.41) is 4.55. The molecule has 0 aromatic carbocycles. The van der Waals surface area contributed by atoms with Crippen molar-refractivity contribution in [3.05, 3.63) is 18.0 Å². The Labute approximate surface area is 94.8 Å². The van der Waals surface area contributed by atoms with Crippen molar-refractivity contribution in [2.45, 2.75) is 50.9 Å². The molecular formula is C11H19BrN2. The first kappa shape index (κ1) is 11.8. The van der Waals surface area contributed by atoms with E-state index in [0.717, 1.165) is 19.3 Å². The maximum absolute atomic E-state index is 4.55. The first-order valence-electron chi connectivity index (χ1n) is 5.31. The molecule has 0 spiro atoms. The number of halogens is 1. The molecule has 1 aromatic rings. The maximum Gasteiger partial charge on any atom is 0.0625 e. The van der Waals surface area contributed by atoms with E-state index in [4.69, 9.17) is 0 Å². The third-order valence-corrected chi connectivity index (χ3v) is 2.96. The molecule has 2 nitrogen and oxygen atoms in total. The van der Waals surface area contributed by atoms with Gasteiger partial charge in [0.15, 0.2) is 0 Å². The molecule has 2 unspecified atom stereocenters. The smallest absolute Gasteiger partial charge is 0.0625 e. The van der Waals surface area contributed by atoms with Crippen LogP contribution in [0.2, 0.25) is 0 Å². The number of hydrogen-bond acceptors (Lipinski definition) is 1. The first-order chi connectivity index (χ1) is 6.63. The van der Waals surface area contributed by atoms with Crippen LogP contribution < -0.4 is 0 Å². The minimum atomic E-state index is 0.519. The van der Waals surface area contributed by atoms with Crippen LogP contribution in [0, 0.1) is 0 Å². The number of aromatic nitrogens is 2. The second kappa shape index (κ2) is 5.54. The van der Waals surface area contributed by atoms with Gasteiger partial charge in [-0.3, -0.25) is 4.68 Å². The maximum atomic E-state index is 4.55. The quantitative estimate of drug-likeness (QED) is 0.739. The number of alkyl halides is 1. The molecular weight excluding hydrogens is 240 g/mol. The first-order valence-corrected chi connectivity index (χ1v) is 6.23. The van der Waals surface area contributed by atoms with Gasteiger partial charge in [0.2, 0.25) is 0 Å². The molecule has 0 N–H and O–H groups in total. The molecule has 0 saturated carbocycles. The highest BCUT2D eigenvalue weighted by atomic mass is 79.9. The van der Waals surface area contributed by atoms with Gasteiger partial charge in [-0.05, 0) is 32.3 Å². The Hall–Kier alpha value is -0.310. The van der Waals surface area contributed by atoms with Crippen LogP contribution in [0.1, 0.15) is 45.3 Å². The summed E-state index contributed by atoms with van der Waals surface area (Å²) in [6, 6.07) is 2.65. The highest BCUT2D eigenvalue weighted by molar-refractivity contribution is 9.09. The summed E-state index contributed by atoms with van der Waals surface area (Å²) in [5.41, 5.74) is 1.21. The van der Waals surface area contributed by atoms with E-state index in [0.29, 0.717) is 10.9 Å². The van der Waals surface area contributed by atoms with Crippen LogP contribution >= 0.6 is 15.9 Å². The second-order valence-electron chi connectivity index (χ2n) is 3.86. The molecule has 0 aliphatic heterocycles. The third kappa shape index (κ3) is 3.45. The van der Waals surface area contributed by atoms with Crippen LogP contribution in [0.25, 0.3) is 0 Å². The van der Waals surface area contributed by atoms with E-state index in [-0.39, 0.29) is 0 Å². The Morgan fingerprint density at radius 3 is 2.79 bits per heavy atom. The predicted octanol–water partition coefficient (Wildman–Crippen LogP) is 3.57. The van der Waals surface area contributed by atoms with Gasteiger partial charge in [0.25, 0.3) is 0 Å². The molecule has 1 heterocycles. The van der Waals surface area contributed by atoms with Gasteiger partial charge in [0.1, 0.15) is 0 Å². The Bertz CT molecular complexity index is 268. The van der Waals surface area contributed by atoms with E-state index in [1.807, 2.05) is 0 Å². The monoisotopic (exact) mass is 258 g/mol. The number of nitrogens with zero attached hydrogens (tertiary/aromatic N) is 2. The molecule has 0 saturated heterocycles. The average molecular weight is 259 g/mol. The van der Waals surface area contributed by atoms with Crippen molar-refractivity contribution in [3.8, 4) is 0 Å². The van der Waals surface area contributed by atoms with Crippen LogP contribution in [-0.4, -0.2) is 14.6 Å². The van der Waals surface area contributed by atoms with Gasteiger partial charge in [0.05, 0.1) is 5.69 Å². The van der Waals surface area contributed by atoms with Gasteiger partial charge in [-0.25, -0.2) is 0 Å². The van der Waals surface area contributed by atoms with Gasteiger partial charge in [-0.15, -0.1) is 0 Å². The molecule has 0 bridgehead atoms. The fourth-order valence-electron chi connectivity index (χ4n) is 1.29. The van der Waals surface area contributed by atoms with Crippen molar-refractivity contribution in [3.63, 3.8) is 0 Å². The molecule has 2 atom stereocenters. The fourth-order valence-corrected chi connectivity index (χ4v) is 1.52. The minimum Gasteiger partial charge on any atom is -0.270 e. The zero-order chi connectivity index (χ0) is 10.6. The van der Waals surface area contributed by atoms with Crippen molar-refractivity contribution in [2.24, 2.45) is 0 Å². The van der Waals surface area contributed by atoms with E-state index in [1.165, 1.54) is 5.69 Å². The van der Waals surface area contributed by atoms with E-state index >= 15 is 0 Å². The molecule has 3 heteroatoms. The lowest BCUT2D eigenvalue weighted by molar-refractivity contribution is 0.473. The largest absolute Gasteiger partial charge is 0.270 e. The summed E-state index contributed by atoms with van der Waals surface area (Å²) in [4.78, 5) is 0.580. The van der Waals surface area contributed by atoms with Gasteiger partial charge in [-0.2, -0.15) is 5.10 Å². The molecule has 80 valence electrons. The van der Waals surface area contributed by atoms with Crippen molar-refractivity contribution < 1.29 is 0 Å². The summed E-state index contributed by atoms with van der Waals surface area (Å²) in [6.45, 7) is 6.56. The van der Waals surface area contributed by atoms with Gasteiger partial charge < -0.3 is 0 Å². The molecule has 0 amide bonds. The molecule has 0 aliphatic carbocycles. The third-order valence-electron chi connectivity index (χ3n) is 2.50. The Morgan fingerprint density at radius 1 is 1.50 bits per heavy atom. The number of rotatable bonds is 5. The van der Waals surface area contributed by atoms with Crippen LogP contribution in [0.15, 0.2) is 12.3 Å². The molecule has 0 fully saturated rings. The van der Waals surface area contributed by atoms with Gasteiger partial charge >= 0.3 is 0 Å². The van der Waals surface area contributed by atoms with Crippen molar-refractivity contribution in [1.82, 2.24) is 9.78 Å². The zero-order valence-corrected chi connectivity index (χ0v) is 10.8. The predicted molar refractivity (Wildman–Crippen MR) is 63.9 cm³/mol. The summed E-state index contributed by atoms with van der Waals surface area (Å²) < 4.78 is 2.06. The van der Waals surface area contributed by atoms with Gasteiger partial charge in [0, 0.05) is 17.1 Å². The zero-order valence-electron chi connectivity index (χ0n) is 9.20. The molecule has 14 heavy (non-hydrogen) atoms. The normalized spacial score (nSPS) is 15.4. The summed E-state index contributed by atoms with van der Waals surface area (Å²) in [5.74, 6) is 0. The second-order valence-corrected chi connectivity index (χ2v) is 5.43. The molecule has 0 aliphatic rings. The Morgan fingerprint density at radius 2 is 2.21 bits per heavy atom. The lowest BCUT2D eigenvalue weighted by Gasteiger charge is -2.08. The average Bonchev–Trinajstić information content (AvgIpc) is 2.62. The van der Waals surface area contributed by atoms with Crippen LogP contribution in [-0.2, 0) is 6.42 Å². The standard InChI is InChI=1S/C11H19BrN2/c1-4-10(3)14-8-7-11(13-14)6-5-9(2)12/h7-10H,4-6H2,1-3H3. The van der Waals surface area contributed by atoms with Crippen molar-refractivity contribution >= 4 is 15.9 Å². The van der Waals surface area contributed by atoms with Crippen LogP contribution in [0.4, 0.5) is 0 Å². The highest BCUT2D eigenvalue weighted by Crippen LogP contribution is 2.12. The summed E-state index contributed by atoms with van der Waals surface area (Å²) in [7, 11) is 0. The Balaban J connectivity index is 2.50. The van der Waals surface area contributed by atoms with Crippen molar-refractivity contribution in [1.29, 1.82) is 0 Å². The van der Waals surface area contributed by atoms with E-state index < -0.39 is 0 Å². The van der Waals surface area contributed by atoms with Crippen LogP contribution in [0.3, 0.4) is 0 Å². The minimum absolute atomic E-state index is 0.519. The summed E-state index contributed by atoms with van der Waals surface area (Å²) in [6.07, 6.45) is 5.44. The summed E-state index contributed by atoms with van der Waals surface area (Å²) >= 11 is 3.55. The number of hydrogen-bond donors (Lipinski definition) is 0.